The Morgan fingerprint density at radius 2 is 2.25 bits per heavy atom. The summed E-state index contributed by atoms with van der Waals surface area (Å²) >= 11 is 2.49. The number of aryl methyl sites for hydroxylation is 1. The lowest BCUT2D eigenvalue weighted by atomic mass is 10.2. The van der Waals surface area contributed by atoms with Gasteiger partial charge in [0.15, 0.2) is 10.9 Å². The van der Waals surface area contributed by atoms with Crippen molar-refractivity contribution in [2.24, 2.45) is 0 Å². The molecule has 0 radical (unpaired) electrons. The molecule has 10 nitrogen and oxygen atoms in total. The summed E-state index contributed by atoms with van der Waals surface area (Å²) in [5, 5.41) is 15.7. The molecule has 0 aliphatic carbocycles. The number of nitrogens with one attached hydrogen (secondary N) is 1. The number of nitro groups is 1. The molecule has 3 amide bonds. The Balaban J connectivity index is 1.70. The molecule has 3 rings (SSSR count). The second kappa shape index (κ2) is 8.35. The van der Waals surface area contributed by atoms with Gasteiger partial charge in [0, 0.05) is 30.2 Å². The molecule has 1 aromatic heterocycles. The maximum atomic E-state index is 12.2. The van der Waals surface area contributed by atoms with Crippen molar-refractivity contribution in [2.75, 3.05) is 19.7 Å². The third-order valence-electron chi connectivity index (χ3n) is 3.67. The van der Waals surface area contributed by atoms with Crippen LogP contribution in [0, 0.1) is 17.0 Å². The molecule has 1 saturated heterocycles. The number of esters is 1. The van der Waals surface area contributed by atoms with Crippen molar-refractivity contribution >= 4 is 46.7 Å². The Morgan fingerprint density at radius 1 is 1.46 bits per heavy atom. The summed E-state index contributed by atoms with van der Waals surface area (Å²) in [5.74, 6) is -1.55. The molecule has 1 aromatic carbocycles. The quantitative estimate of drug-likeness (QED) is 0.426. The zero-order valence-electron chi connectivity index (χ0n) is 14.5. The first-order chi connectivity index (χ1) is 13.3. The Morgan fingerprint density at radius 3 is 2.86 bits per heavy atom. The number of urea groups is 1. The van der Waals surface area contributed by atoms with Crippen molar-refractivity contribution in [3.63, 3.8) is 0 Å². The monoisotopic (exact) mass is 422 g/mol. The fourth-order valence-electron chi connectivity index (χ4n) is 2.34. The predicted molar refractivity (Wildman–Crippen MR) is 99.5 cm³/mol. The Bertz CT molecular complexity index is 960. The van der Waals surface area contributed by atoms with Crippen LogP contribution in [0.4, 0.5) is 10.5 Å². The number of carbonyl (C=O) groups excluding carboxylic acids is 3. The van der Waals surface area contributed by atoms with E-state index in [1.54, 1.807) is 0 Å². The van der Waals surface area contributed by atoms with E-state index < -0.39 is 29.4 Å². The lowest BCUT2D eigenvalue weighted by Gasteiger charge is -2.12. The van der Waals surface area contributed by atoms with Gasteiger partial charge in [0.1, 0.15) is 0 Å². The third-order valence-corrected chi connectivity index (χ3v) is 5.79. The number of carbonyl (C=O) groups is 3. The van der Waals surface area contributed by atoms with Gasteiger partial charge in [0.25, 0.3) is 11.6 Å². The minimum Gasteiger partial charge on any atom is -0.452 e. The van der Waals surface area contributed by atoms with Gasteiger partial charge in [-0.15, -0.1) is 11.3 Å². The van der Waals surface area contributed by atoms with Crippen LogP contribution < -0.4 is 5.32 Å². The number of aromatic nitrogens is 1. The standard InChI is InChI=1S/C16H14N4O6S2/c1-9-8-27-16(18-9)28-12-3-2-10(6-11(12)20(24)25)14(22)26-7-13(21)19-5-4-17-15(19)23/h2-3,6,8H,4-5,7H2,1H3,(H,17,23). The molecule has 0 unspecified atom stereocenters. The summed E-state index contributed by atoms with van der Waals surface area (Å²) in [5.41, 5.74) is 0.481. The van der Waals surface area contributed by atoms with Gasteiger partial charge in [0.2, 0.25) is 0 Å². The van der Waals surface area contributed by atoms with Gasteiger partial charge in [-0.25, -0.2) is 14.6 Å². The molecule has 28 heavy (non-hydrogen) atoms. The first-order valence-corrected chi connectivity index (χ1v) is 9.68. The lowest BCUT2D eigenvalue weighted by molar-refractivity contribution is -0.387. The van der Waals surface area contributed by atoms with Crippen molar-refractivity contribution in [1.82, 2.24) is 15.2 Å². The molecule has 0 atom stereocenters. The molecule has 146 valence electrons. The van der Waals surface area contributed by atoms with Crippen molar-refractivity contribution in [3.05, 3.63) is 45.0 Å². The molecule has 0 bridgehead atoms. The van der Waals surface area contributed by atoms with Crippen LogP contribution in [0.15, 0.2) is 32.8 Å². The third kappa shape index (κ3) is 4.46. The van der Waals surface area contributed by atoms with E-state index in [2.05, 4.69) is 10.3 Å². The number of benzene rings is 1. The Kier molecular flexibility index (Phi) is 5.90. The second-order valence-electron chi connectivity index (χ2n) is 5.65. The van der Waals surface area contributed by atoms with Crippen LogP contribution in [-0.2, 0) is 9.53 Å². The van der Waals surface area contributed by atoms with Crippen molar-refractivity contribution in [3.8, 4) is 0 Å². The highest BCUT2D eigenvalue weighted by atomic mass is 32.2. The van der Waals surface area contributed by atoms with Gasteiger partial charge in [-0.1, -0.05) is 11.8 Å². The minimum absolute atomic E-state index is 0.0648. The second-order valence-corrected chi connectivity index (χ2v) is 7.80. The van der Waals surface area contributed by atoms with E-state index in [0.29, 0.717) is 15.8 Å². The van der Waals surface area contributed by atoms with Crippen LogP contribution in [0.25, 0.3) is 0 Å². The number of thiazole rings is 1. The van der Waals surface area contributed by atoms with Crippen LogP contribution >= 0.6 is 23.1 Å². The molecule has 2 aromatic rings. The van der Waals surface area contributed by atoms with Crippen molar-refractivity contribution < 1.29 is 24.0 Å². The average Bonchev–Trinajstić information content (AvgIpc) is 3.27. The molecular formula is C16H14N4O6S2. The fraction of sp³-hybridized carbons (Fsp3) is 0.250. The summed E-state index contributed by atoms with van der Waals surface area (Å²) in [7, 11) is 0. The minimum atomic E-state index is -0.891. The number of hydrogen-bond acceptors (Lipinski definition) is 9. The first kappa shape index (κ1) is 19.8. The summed E-state index contributed by atoms with van der Waals surface area (Å²) in [6.07, 6.45) is 0. The summed E-state index contributed by atoms with van der Waals surface area (Å²) in [6, 6.07) is 3.37. The summed E-state index contributed by atoms with van der Waals surface area (Å²) in [6.45, 7) is 1.72. The van der Waals surface area contributed by atoms with E-state index in [-0.39, 0.29) is 17.8 Å². The van der Waals surface area contributed by atoms with E-state index in [0.717, 1.165) is 28.4 Å². The molecule has 2 heterocycles. The van der Waals surface area contributed by atoms with Gasteiger partial charge in [-0.05, 0) is 19.1 Å². The predicted octanol–water partition coefficient (Wildman–Crippen LogP) is 2.22. The topological polar surface area (TPSA) is 132 Å². The first-order valence-electron chi connectivity index (χ1n) is 7.99. The molecular weight excluding hydrogens is 408 g/mol. The maximum Gasteiger partial charge on any atom is 0.338 e. The number of nitrogens with zero attached hydrogens (tertiary/aromatic N) is 3. The fourth-order valence-corrected chi connectivity index (χ4v) is 4.22. The molecule has 12 heteroatoms. The van der Waals surface area contributed by atoms with Crippen LogP contribution in [0.1, 0.15) is 16.1 Å². The summed E-state index contributed by atoms with van der Waals surface area (Å²) < 4.78 is 5.54. The number of rotatable bonds is 6. The number of hydrogen-bond donors (Lipinski definition) is 1. The molecule has 1 N–H and O–H groups in total. The van der Waals surface area contributed by atoms with Crippen molar-refractivity contribution in [1.29, 1.82) is 0 Å². The highest BCUT2D eigenvalue weighted by molar-refractivity contribution is 8.01. The van der Waals surface area contributed by atoms with Crippen molar-refractivity contribution in [2.45, 2.75) is 16.2 Å². The number of ether oxygens (including phenoxy) is 1. The number of imide groups is 1. The van der Waals surface area contributed by atoms with Gasteiger partial charge >= 0.3 is 12.0 Å². The Labute approximate surface area is 167 Å². The zero-order chi connectivity index (χ0) is 20.3. The smallest absolute Gasteiger partial charge is 0.338 e. The van der Waals surface area contributed by atoms with Crippen LogP contribution in [-0.4, -0.2) is 52.4 Å². The molecule has 1 aliphatic rings. The van der Waals surface area contributed by atoms with E-state index >= 15 is 0 Å². The SMILES string of the molecule is Cc1csc(Sc2ccc(C(=O)OCC(=O)N3CCNC3=O)cc2[N+](=O)[O-])n1. The average molecular weight is 422 g/mol. The highest BCUT2D eigenvalue weighted by Gasteiger charge is 2.27. The molecule has 0 saturated carbocycles. The normalized spacial score (nSPS) is 13.3. The molecule has 1 fully saturated rings. The van der Waals surface area contributed by atoms with E-state index in [1.807, 2.05) is 12.3 Å². The van der Waals surface area contributed by atoms with E-state index in [1.165, 1.54) is 23.5 Å². The van der Waals surface area contributed by atoms with Crippen LogP contribution in [0.5, 0.6) is 0 Å². The van der Waals surface area contributed by atoms with E-state index in [4.69, 9.17) is 4.74 Å². The maximum absolute atomic E-state index is 12.2. The summed E-state index contributed by atoms with van der Waals surface area (Å²) in [4.78, 5) is 51.8. The van der Waals surface area contributed by atoms with Crippen LogP contribution in [0.3, 0.4) is 0 Å². The van der Waals surface area contributed by atoms with Gasteiger partial charge in [0.05, 0.1) is 15.4 Å². The number of nitro benzene ring substituents is 1. The van der Waals surface area contributed by atoms with Gasteiger partial charge in [-0.3, -0.25) is 19.8 Å². The lowest BCUT2D eigenvalue weighted by Crippen LogP contribution is -2.37. The molecule has 0 spiro atoms. The van der Waals surface area contributed by atoms with Crippen LogP contribution in [0.2, 0.25) is 0 Å². The largest absolute Gasteiger partial charge is 0.452 e. The van der Waals surface area contributed by atoms with Gasteiger partial charge in [-0.2, -0.15) is 0 Å². The van der Waals surface area contributed by atoms with Gasteiger partial charge < -0.3 is 10.1 Å². The molecule has 1 aliphatic heterocycles. The Hall–Kier alpha value is -2.99. The number of amides is 3. The van der Waals surface area contributed by atoms with E-state index in [9.17, 15) is 24.5 Å². The zero-order valence-corrected chi connectivity index (χ0v) is 16.2. The highest BCUT2D eigenvalue weighted by Crippen LogP contribution is 2.36.